The Morgan fingerprint density at radius 3 is 2.56 bits per heavy atom. The van der Waals surface area contributed by atoms with Gasteiger partial charge in [-0.15, -0.1) is 0 Å². The highest BCUT2D eigenvalue weighted by atomic mass is 32.2. The summed E-state index contributed by atoms with van der Waals surface area (Å²) in [4.78, 5) is 17.5. The predicted octanol–water partition coefficient (Wildman–Crippen LogP) is 2.96. The maximum atomic E-state index is 13.4. The summed E-state index contributed by atoms with van der Waals surface area (Å²) in [6.07, 6.45) is 5.94. The van der Waals surface area contributed by atoms with Crippen molar-refractivity contribution in [2.45, 2.75) is 63.5 Å². The fourth-order valence-electron chi connectivity index (χ4n) is 5.11. The van der Waals surface area contributed by atoms with Gasteiger partial charge in [0.15, 0.2) is 9.84 Å². The highest BCUT2D eigenvalue weighted by molar-refractivity contribution is 7.91. The SMILES string of the molecule is C[C@H]1CCN(CC(=O)N(C2CCCC2)[C@H]2CCS(=O)(=O)C2)c2ccccc21. The molecule has 0 spiro atoms. The molecule has 1 aromatic rings. The molecule has 0 N–H and O–H groups in total. The number of carbonyl (C=O) groups is 1. The van der Waals surface area contributed by atoms with Crippen LogP contribution in [-0.4, -0.2) is 55.9 Å². The van der Waals surface area contributed by atoms with Crippen LogP contribution in [0.15, 0.2) is 24.3 Å². The average Bonchev–Trinajstić information content (AvgIpc) is 3.28. The van der Waals surface area contributed by atoms with Crippen molar-refractivity contribution in [2.75, 3.05) is 29.5 Å². The Balaban J connectivity index is 1.55. The normalized spacial score (nSPS) is 27.5. The lowest BCUT2D eigenvalue weighted by atomic mass is 9.91. The summed E-state index contributed by atoms with van der Waals surface area (Å²) in [6, 6.07) is 8.45. The lowest BCUT2D eigenvalue weighted by molar-refractivity contribution is -0.134. The zero-order valence-electron chi connectivity index (χ0n) is 16.1. The molecule has 2 heterocycles. The molecule has 2 atom stereocenters. The summed E-state index contributed by atoms with van der Waals surface area (Å²) in [5, 5.41) is 0. The average molecular weight is 391 g/mol. The molecule has 6 heteroatoms. The van der Waals surface area contributed by atoms with E-state index in [4.69, 9.17) is 0 Å². The number of para-hydroxylation sites is 1. The molecule has 3 aliphatic rings. The van der Waals surface area contributed by atoms with E-state index in [1.54, 1.807) is 0 Å². The number of anilines is 1. The molecule has 1 saturated heterocycles. The maximum absolute atomic E-state index is 13.4. The molecule has 0 bridgehead atoms. The van der Waals surface area contributed by atoms with Crippen LogP contribution in [0.2, 0.25) is 0 Å². The first-order chi connectivity index (χ1) is 12.9. The van der Waals surface area contributed by atoms with E-state index in [0.717, 1.165) is 44.3 Å². The Hall–Kier alpha value is -1.56. The van der Waals surface area contributed by atoms with Gasteiger partial charge in [0.2, 0.25) is 5.91 Å². The Morgan fingerprint density at radius 1 is 1.11 bits per heavy atom. The van der Waals surface area contributed by atoms with E-state index < -0.39 is 9.84 Å². The molecule has 1 aromatic carbocycles. The lowest BCUT2D eigenvalue weighted by Gasteiger charge is -2.38. The molecule has 1 aliphatic carbocycles. The van der Waals surface area contributed by atoms with Gasteiger partial charge >= 0.3 is 0 Å². The lowest BCUT2D eigenvalue weighted by Crippen LogP contribution is -2.51. The van der Waals surface area contributed by atoms with Crippen LogP contribution in [0.3, 0.4) is 0 Å². The fourth-order valence-corrected chi connectivity index (χ4v) is 6.82. The van der Waals surface area contributed by atoms with Crippen molar-refractivity contribution in [2.24, 2.45) is 0 Å². The first-order valence-corrected chi connectivity index (χ1v) is 12.1. The number of carbonyl (C=O) groups excluding carboxylic acids is 1. The molecule has 1 saturated carbocycles. The van der Waals surface area contributed by atoms with Crippen LogP contribution < -0.4 is 4.90 Å². The van der Waals surface area contributed by atoms with Gasteiger partial charge in [-0.3, -0.25) is 4.79 Å². The first-order valence-electron chi connectivity index (χ1n) is 10.3. The van der Waals surface area contributed by atoms with E-state index in [0.29, 0.717) is 18.9 Å². The number of benzene rings is 1. The molecule has 148 valence electrons. The summed E-state index contributed by atoms with van der Waals surface area (Å²) in [5.41, 5.74) is 2.47. The number of nitrogens with zero attached hydrogens (tertiary/aromatic N) is 2. The van der Waals surface area contributed by atoms with Gasteiger partial charge in [0.1, 0.15) is 0 Å². The van der Waals surface area contributed by atoms with Crippen molar-refractivity contribution < 1.29 is 13.2 Å². The second-order valence-electron chi connectivity index (χ2n) is 8.47. The van der Waals surface area contributed by atoms with E-state index in [1.165, 1.54) is 5.56 Å². The van der Waals surface area contributed by atoms with Crippen LogP contribution in [0.5, 0.6) is 0 Å². The van der Waals surface area contributed by atoms with E-state index >= 15 is 0 Å². The van der Waals surface area contributed by atoms with Gasteiger partial charge in [-0.05, 0) is 43.2 Å². The monoisotopic (exact) mass is 390 g/mol. The second-order valence-corrected chi connectivity index (χ2v) is 10.7. The molecular weight excluding hydrogens is 360 g/mol. The van der Waals surface area contributed by atoms with E-state index in [1.807, 2.05) is 11.0 Å². The molecule has 27 heavy (non-hydrogen) atoms. The number of rotatable bonds is 4. The fraction of sp³-hybridized carbons (Fsp3) is 0.667. The van der Waals surface area contributed by atoms with Crippen LogP contribution in [0.1, 0.15) is 56.9 Å². The van der Waals surface area contributed by atoms with Crippen molar-refractivity contribution in [3.63, 3.8) is 0 Å². The quantitative estimate of drug-likeness (QED) is 0.793. The third-order valence-corrected chi connectivity index (χ3v) is 8.32. The van der Waals surface area contributed by atoms with Gasteiger partial charge in [-0.25, -0.2) is 8.42 Å². The molecule has 2 fully saturated rings. The van der Waals surface area contributed by atoms with Crippen molar-refractivity contribution >= 4 is 21.4 Å². The van der Waals surface area contributed by atoms with E-state index in [2.05, 4.69) is 30.0 Å². The van der Waals surface area contributed by atoms with Gasteiger partial charge in [0.05, 0.1) is 18.1 Å². The molecule has 0 radical (unpaired) electrons. The number of hydrogen-bond donors (Lipinski definition) is 0. The first kappa shape index (κ1) is 18.8. The van der Waals surface area contributed by atoms with Crippen LogP contribution >= 0.6 is 0 Å². The highest BCUT2D eigenvalue weighted by Crippen LogP contribution is 2.35. The number of fused-ring (bicyclic) bond motifs is 1. The standard InChI is InChI=1S/C21H30N2O3S/c1-16-10-12-22(20-9-5-4-8-19(16)20)14-21(24)23(17-6-2-3-7-17)18-11-13-27(25,26)15-18/h4-5,8-9,16-18H,2-3,6-7,10-15H2,1H3/t16-,18-/m0/s1. The topological polar surface area (TPSA) is 57.7 Å². The molecular formula is C21H30N2O3S. The Bertz CT molecular complexity index is 801. The van der Waals surface area contributed by atoms with Gasteiger partial charge in [0.25, 0.3) is 0 Å². The predicted molar refractivity (Wildman–Crippen MR) is 108 cm³/mol. The minimum atomic E-state index is -3.00. The molecule has 0 aromatic heterocycles. The second kappa shape index (κ2) is 7.46. The van der Waals surface area contributed by atoms with Crippen LogP contribution in [-0.2, 0) is 14.6 Å². The van der Waals surface area contributed by atoms with Crippen molar-refractivity contribution in [3.05, 3.63) is 29.8 Å². The third kappa shape index (κ3) is 3.86. The highest BCUT2D eigenvalue weighted by Gasteiger charge is 2.39. The summed E-state index contributed by atoms with van der Waals surface area (Å²) in [7, 11) is -3.00. The minimum absolute atomic E-state index is 0.105. The summed E-state index contributed by atoms with van der Waals surface area (Å²) in [5.74, 6) is 0.980. The van der Waals surface area contributed by atoms with Gasteiger partial charge < -0.3 is 9.80 Å². The largest absolute Gasteiger partial charge is 0.362 e. The summed E-state index contributed by atoms with van der Waals surface area (Å²) >= 11 is 0. The van der Waals surface area contributed by atoms with Gasteiger partial charge in [-0.1, -0.05) is 38.0 Å². The van der Waals surface area contributed by atoms with Crippen molar-refractivity contribution in [1.82, 2.24) is 4.90 Å². The summed E-state index contributed by atoms with van der Waals surface area (Å²) < 4.78 is 24.0. The molecule has 2 aliphatic heterocycles. The summed E-state index contributed by atoms with van der Waals surface area (Å²) in [6.45, 7) is 3.48. The zero-order valence-corrected chi connectivity index (χ0v) is 17.0. The van der Waals surface area contributed by atoms with E-state index in [9.17, 15) is 13.2 Å². The Kier molecular flexibility index (Phi) is 5.19. The van der Waals surface area contributed by atoms with Gasteiger partial charge in [-0.2, -0.15) is 0 Å². The Morgan fingerprint density at radius 2 is 1.85 bits per heavy atom. The number of sulfone groups is 1. The van der Waals surface area contributed by atoms with Crippen molar-refractivity contribution in [1.29, 1.82) is 0 Å². The third-order valence-electron chi connectivity index (χ3n) is 6.57. The molecule has 5 nitrogen and oxygen atoms in total. The number of amides is 1. The van der Waals surface area contributed by atoms with Crippen LogP contribution in [0.4, 0.5) is 5.69 Å². The molecule has 4 rings (SSSR count). The molecule has 1 amide bonds. The van der Waals surface area contributed by atoms with Gasteiger partial charge in [0, 0.05) is 24.3 Å². The van der Waals surface area contributed by atoms with Crippen molar-refractivity contribution in [3.8, 4) is 0 Å². The van der Waals surface area contributed by atoms with E-state index in [-0.39, 0.29) is 29.5 Å². The Labute approximate surface area is 162 Å². The smallest absolute Gasteiger partial charge is 0.242 e. The van der Waals surface area contributed by atoms with Crippen LogP contribution in [0, 0.1) is 0 Å². The molecule has 0 unspecified atom stereocenters. The maximum Gasteiger partial charge on any atom is 0.242 e. The minimum Gasteiger partial charge on any atom is -0.362 e. The van der Waals surface area contributed by atoms with Crippen LogP contribution in [0.25, 0.3) is 0 Å². The number of hydrogen-bond acceptors (Lipinski definition) is 4. The zero-order chi connectivity index (χ0) is 19.0.